The monoisotopic (exact) mass is 222 g/mol. The molecule has 2 atom stereocenters. The van der Waals surface area contributed by atoms with Crippen LogP contribution in [0.15, 0.2) is 18.2 Å². The summed E-state index contributed by atoms with van der Waals surface area (Å²) >= 11 is 0. The zero-order chi connectivity index (χ0) is 11.9. The van der Waals surface area contributed by atoms with Crippen molar-refractivity contribution in [3.8, 4) is 0 Å². The van der Waals surface area contributed by atoms with E-state index in [1.54, 1.807) is 6.92 Å². The fourth-order valence-corrected chi connectivity index (χ4v) is 2.24. The first-order valence-corrected chi connectivity index (χ1v) is 5.06. The van der Waals surface area contributed by atoms with Gasteiger partial charge in [-0.2, -0.15) is 0 Å². The number of hydrogen-bond acceptors (Lipinski definition) is 2. The molecule has 1 aliphatic rings. The smallest absolute Gasteiger partial charge is 0.303 e. The summed E-state index contributed by atoms with van der Waals surface area (Å²) in [4.78, 5) is 22.5. The van der Waals surface area contributed by atoms with Crippen molar-refractivity contribution in [2.45, 2.75) is 19.3 Å². The van der Waals surface area contributed by atoms with Crippen LogP contribution in [0.3, 0.4) is 0 Å². The number of Topliss-reactive ketones (excluding diaryl/α,β-unsaturated/α-hetero) is 1. The Morgan fingerprint density at radius 1 is 1.50 bits per heavy atom. The zero-order valence-corrected chi connectivity index (χ0v) is 8.74. The number of rotatable bonds is 2. The van der Waals surface area contributed by atoms with Crippen LogP contribution in [0, 0.1) is 11.7 Å². The number of carbonyl (C=O) groups excluding carboxylic acids is 1. The minimum absolute atomic E-state index is 0.0961. The van der Waals surface area contributed by atoms with Gasteiger partial charge in [0, 0.05) is 17.4 Å². The van der Waals surface area contributed by atoms with E-state index in [1.807, 2.05) is 0 Å². The average molecular weight is 222 g/mol. The highest BCUT2D eigenvalue weighted by molar-refractivity contribution is 6.03. The molecule has 4 heteroatoms. The summed E-state index contributed by atoms with van der Waals surface area (Å²) in [6.45, 7) is 1.69. The maximum atomic E-state index is 13.1. The van der Waals surface area contributed by atoms with Gasteiger partial charge in [-0.1, -0.05) is 6.92 Å². The van der Waals surface area contributed by atoms with Gasteiger partial charge in [0.15, 0.2) is 5.78 Å². The average Bonchev–Trinajstić information content (AvgIpc) is 2.43. The number of hydrogen-bond donors (Lipinski definition) is 1. The van der Waals surface area contributed by atoms with E-state index in [4.69, 9.17) is 5.11 Å². The van der Waals surface area contributed by atoms with Crippen molar-refractivity contribution < 1.29 is 19.1 Å². The second kappa shape index (κ2) is 3.70. The largest absolute Gasteiger partial charge is 0.481 e. The van der Waals surface area contributed by atoms with Crippen LogP contribution in [-0.4, -0.2) is 16.9 Å². The molecule has 2 rings (SSSR count). The van der Waals surface area contributed by atoms with Gasteiger partial charge in [0.05, 0.1) is 6.42 Å². The third-order valence-corrected chi connectivity index (χ3v) is 3.09. The summed E-state index contributed by atoms with van der Waals surface area (Å²) in [6, 6.07) is 3.93. The third kappa shape index (κ3) is 1.60. The van der Waals surface area contributed by atoms with Gasteiger partial charge in [0.25, 0.3) is 0 Å². The molecule has 0 heterocycles. The summed E-state index contributed by atoms with van der Waals surface area (Å²) in [5.41, 5.74) is 0.986. The van der Waals surface area contributed by atoms with Crippen LogP contribution in [0.2, 0.25) is 0 Å². The molecule has 0 aliphatic heterocycles. The Kier molecular flexibility index (Phi) is 2.50. The van der Waals surface area contributed by atoms with Crippen molar-refractivity contribution in [3.05, 3.63) is 35.1 Å². The Labute approximate surface area is 91.9 Å². The third-order valence-electron chi connectivity index (χ3n) is 3.09. The van der Waals surface area contributed by atoms with Crippen LogP contribution in [0.1, 0.15) is 35.2 Å². The van der Waals surface area contributed by atoms with Gasteiger partial charge < -0.3 is 5.11 Å². The van der Waals surface area contributed by atoms with Crippen molar-refractivity contribution >= 4 is 11.8 Å². The molecule has 84 valence electrons. The lowest BCUT2D eigenvalue weighted by atomic mass is 9.91. The summed E-state index contributed by atoms with van der Waals surface area (Å²) in [5.74, 6) is -2.29. The number of halogens is 1. The van der Waals surface area contributed by atoms with Gasteiger partial charge in [-0.25, -0.2) is 4.39 Å². The van der Waals surface area contributed by atoms with Crippen LogP contribution < -0.4 is 0 Å². The maximum absolute atomic E-state index is 13.1. The minimum atomic E-state index is -0.971. The molecule has 1 aliphatic carbocycles. The van der Waals surface area contributed by atoms with Crippen molar-refractivity contribution in [3.63, 3.8) is 0 Å². The molecule has 1 aromatic carbocycles. The Morgan fingerprint density at radius 2 is 2.19 bits per heavy atom. The molecule has 0 radical (unpaired) electrons. The zero-order valence-electron chi connectivity index (χ0n) is 8.74. The molecule has 0 spiro atoms. The van der Waals surface area contributed by atoms with E-state index in [0.29, 0.717) is 11.1 Å². The van der Waals surface area contributed by atoms with Gasteiger partial charge in [-0.15, -0.1) is 0 Å². The van der Waals surface area contributed by atoms with Crippen LogP contribution in [0.4, 0.5) is 4.39 Å². The van der Waals surface area contributed by atoms with E-state index >= 15 is 0 Å². The predicted molar refractivity (Wildman–Crippen MR) is 54.9 cm³/mol. The second-order valence-electron chi connectivity index (χ2n) is 4.09. The molecule has 3 nitrogen and oxygen atoms in total. The molecule has 0 aromatic heterocycles. The summed E-state index contributed by atoms with van der Waals surface area (Å²) in [7, 11) is 0. The van der Waals surface area contributed by atoms with Crippen molar-refractivity contribution in [2.75, 3.05) is 0 Å². The lowest BCUT2D eigenvalue weighted by molar-refractivity contribution is -0.137. The highest BCUT2D eigenvalue weighted by atomic mass is 19.1. The first-order chi connectivity index (χ1) is 7.50. The molecule has 16 heavy (non-hydrogen) atoms. The number of carboxylic acid groups (broad SMARTS) is 1. The van der Waals surface area contributed by atoms with E-state index in [0.717, 1.165) is 0 Å². The van der Waals surface area contributed by atoms with Crippen LogP contribution in [0.25, 0.3) is 0 Å². The quantitative estimate of drug-likeness (QED) is 0.834. The Morgan fingerprint density at radius 3 is 2.81 bits per heavy atom. The number of ketones is 1. The molecule has 0 fully saturated rings. The summed E-state index contributed by atoms with van der Waals surface area (Å²) in [5, 5.41) is 8.77. The van der Waals surface area contributed by atoms with Crippen molar-refractivity contribution in [2.24, 2.45) is 5.92 Å². The Hall–Kier alpha value is -1.71. The molecular formula is C12H11FO3. The highest BCUT2D eigenvalue weighted by Gasteiger charge is 2.37. The first-order valence-electron chi connectivity index (χ1n) is 5.06. The molecule has 0 amide bonds. The number of aliphatic carboxylic acids is 1. The number of fused-ring (bicyclic) bond motifs is 1. The van der Waals surface area contributed by atoms with Crippen molar-refractivity contribution in [1.29, 1.82) is 0 Å². The molecular weight excluding hydrogens is 211 g/mol. The number of benzene rings is 1. The topological polar surface area (TPSA) is 54.4 Å². The summed E-state index contributed by atoms with van der Waals surface area (Å²) in [6.07, 6.45) is -0.136. The lowest BCUT2D eigenvalue weighted by Crippen LogP contribution is -2.13. The Bertz CT molecular complexity index is 467. The standard InChI is InChI=1S/C12H11FO3/c1-6-9(5-11(14)15)10-4-7(13)2-3-8(10)12(6)16/h2-4,6,9H,5H2,1H3,(H,14,15)/t6-,9-/m1/s1. The van der Waals surface area contributed by atoms with Gasteiger partial charge >= 0.3 is 5.97 Å². The molecule has 1 N–H and O–H groups in total. The van der Waals surface area contributed by atoms with E-state index in [2.05, 4.69) is 0 Å². The minimum Gasteiger partial charge on any atom is -0.481 e. The van der Waals surface area contributed by atoms with Crippen LogP contribution in [0.5, 0.6) is 0 Å². The number of carboxylic acids is 1. The van der Waals surface area contributed by atoms with Crippen molar-refractivity contribution in [1.82, 2.24) is 0 Å². The molecule has 1 aromatic rings. The number of carbonyl (C=O) groups is 2. The SMILES string of the molecule is C[C@H]1C(=O)c2ccc(F)cc2[C@@H]1CC(=O)O. The molecule has 0 bridgehead atoms. The van der Waals surface area contributed by atoms with Gasteiger partial charge in [-0.3, -0.25) is 9.59 Å². The normalized spacial score (nSPS) is 23.2. The fourth-order valence-electron chi connectivity index (χ4n) is 2.24. The van der Waals surface area contributed by atoms with E-state index in [-0.39, 0.29) is 18.1 Å². The predicted octanol–water partition coefficient (Wildman–Crippen LogP) is 2.22. The second-order valence-corrected chi connectivity index (χ2v) is 4.09. The van der Waals surface area contributed by atoms with Gasteiger partial charge in [0.1, 0.15) is 5.82 Å². The molecule has 0 unspecified atom stereocenters. The van der Waals surface area contributed by atoms with Crippen LogP contribution in [-0.2, 0) is 4.79 Å². The summed E-state index contributed by atoms with van der Waals surface area (Å²) < 4.78 is 13.1. The van der Waals surface area contributed by atoms with E-state index in [1.165, 1.54) is 18.2 Å². The fraction of sp³-hybridized carbons (Fsp3) is 0.333. The lowest BCUT2D eigenvalue weighted by Gasteiger charge is -2.12. The molecule has 0 saturated heterocycles. The highest BCUT2D eigenvalue weighted by Crippen LogP contribution is 2.40. The maximum Gasteiger partial charge on any atom is 0.303 e. The van der Waals surface area contributed by atoms with Crippen LogP contribution >= 0.6 is 0 Å². The Balaban J connectivity index is 2.46. The van der Waals surface area contributed by atoms with Gasteiger partial charge in [-0.05, 0) is 23.8 Å². The van der Waals surface area contributed by atoms with Gasteiger partial charge in [0.2, 0.25) is 0 Å². The molecule has 0 saturated carbocycles. The van der Waals surface area contributed by atoms with E-state index in [9.17, 15) is 14.0 Å². The van der Waals surface area contributed by atoms with E-state index < -0.39 is 17.7 Å². The first kappa shape index (κ1) is 10.8.